The highest BCUT2D eigenvalue weighted by Gasteiger charge is 2.04. The fraction of sp³-hybridized carbons (Fsp3) is 0.200. The van der Waals surface area contributed by atoms with E-state index < -0.39 is 0 Å². The third-order valence-corrected chi connectivity index (χ3v) is 2.46. The van der Waals surface area contributed by atoms with Gasteiger partial charge < -0.3 is 0 Å². The Kier molecular flexibility index (Phi) is 5.06. The molecule has 0 bridgehead atoms. The summed E-state index contributed by atoms with van der Waals surface area (Å²) in [6.45, 7) is 6.03. The zero-order valence-electron chi connectivity index (χ0n) is 10.9. The molecule has 18 heavy (non-hydrogen) atoms. The second-order valence-corrected chi connectivity index (χ2v) is 3.67. The van der Waals surface area contributed by atoms with Crippen LogP contribution in [0.4, 0.5) is 5.69 Å². The van der Waals surface area contributed by atoms with E-state index in [4.69, 9.17) is 0 Å². The molecule has 0 aliphatic heterocycles. The Morgan fingerprint density at radius 3 is 1.61 bits per heavy atom. The summed E-state index contributed by atoms with van der Waals surface area (Å²) >= 11 is 0. The molecule has 0 heterocycles. The molecule has 0 saturated heterocycles. The van der Waals surface area contributed by atoms with Crippen molar-refractivity contribution in [1.29, 1.82) is 0 Å². The zero-order chi connectivity index (χ0) is 13.5. The molecule has 0 aliphatic carbocycles. The highest BCUT2D eigenvalue weighted by molar-refractivity contribution is 5.64. The van der Waals surface area contributed by atoms with Gasteiger partial charge in [-0.05, 0) is 30.2 Å². The fourth-order valence-corrected chi connectivity index (χ4v) is 1.52. The van der Waals surface area contributed by atoms with Crippen LogP contribution in [0.3, 0.4) is 0 Å². The van der Waals surface area contributed by atoms with Crippen LogP contribution in [0.1, 0.15) is 19.4 Å². The maximum absolute atomic E-state index is 10.5. The summed E-state index contributed by atoms with van der Waals surface area (Å²) in [5.41, 5.74) is 3.38. The van der Waals surface area contributed by atoms with Gasteiger partial charge in [0.2, 0.25) is 0 Å². The van der Waals surface area contributed by atoms with Crippen molar-refractivity contribution in [2.24, 2.45) is 0 Å². The van der Waals surface area contributed by atoms with Crippen molar-refractivity contribution in [2.45, 2.75) is 20.8 Å². The Bertz CT molecular complexity index is 501. The minimum Gasteiger partial charge on any atom is -0.258 e. The largest absolute Gasteiger partial charge is 0.269 e. The number of nitro benzene ring substituents is 1. The molecule has 0 fully saturated rings. The summed E-state index contributed by atoms with van der Waals surface area (Å²) in [7, 11) is 0. The molecule has 0 aromatic heterocycles. The van der Waals surface area contributed by atoms with Gasteiger partial charge in [-0.1, -0.05) is 43.7 Å². The number of aryl methyl sites for hydroxylation is 1. The van der Waals surface area contributed by atoms with Crippen LogP contribution in [0.5, 0.6) is 0 Å². The van der Waals surface area contributed by atoms with E-state index in [9.17, 15) is 10.1 Å². The Morgan fingerprint density at radius 1 is 0.833 bits per heavy atom. The first-order valence-corrected chi connectivity index (χ1v) is 5.98. The molecule has 0 spiro atoms. The predicted octanol–water partition coefficient (Wildman–Crippen LogP) is 4.60. The first-order chi connectivity index (χ1) is 8.66. The summed E-state index contributed by atoms with van der Waals surface area (Å²) in [6, 6.07) is 14.6. The van der Waals surface area contributed by atoms with E-state index in [0.29, 0.717) is 0 Å². The van der Waals surface area contributed by atoms with Crippen molar-refractivity contribution in [2.75, 3.05) is 0 Å². The third-order valence-electron chi connectivity index (χ3n) is 2.46. The molecule has 2 aromatic carbocycles. The summed E-state index contributed by atoms with van der Waals surface area (Å²) < 4.78 is 0. The van der Waals surface area contributed by atoms with Crippen LogP contribution in [0.2, 0.25) is 0 Å². The van der Waals surface area contributed by atoms with Crippen molar-refractivity contribution < 1.29 is 4.92 Å². The van der Waals surface area contributed by atoms with Gasteiger partial charge in [-0.25, -0.2) is 0 Å². The van der Waals surface area contributed by atoms with Crippen LogP contribution < -0.4 is 0 Å². The monoisotopic (exact) mass is 243 g/mol. The number of non-ortho nitro benzene ring substituents is 1. The highest BCUT2D eigenvalue weighted by atomic mass is 16.6. The van der Waals surface area contributed by atoms with Crippen LogP contribution in [-0.4, -0.2) is 4.92 Å². The fourth-order valence-electron chi connectivity index (χ4n) is 1.52. The van der Waals surface area contributed by atoms with Gasteiger partial charge in [0.15, 0.2) is 0 Å². The number of rotatable bonds is 2. The van der Waals surface area contributed by atoms with Crippen molar-refractivity contribution in [3.05, 3.63) is 64.2 Å². The van der Waals surface area contributed by atoms with E-state index in [0.717, 1.165) is 11.1 Å². The van der Waals surface area contributed by atoms with Crippen LogP contribution in [-0.2, 0) is 0 Å². The van der Waals surface area contributed by atoms with Gasteiger partial charge in [-0.3, -0.25) is 10.1 Å². The minimum absolute atomic E-state index is 0.121. The van der Waals surface area contributed by atoms with Gasteiger partial charge in [-0.15, -0.1) is 0 Å². The maximum atomic E-state index is 10.5. The number of benzene rings is 2. The lowest BCUT2D eigenvalue weighted by Crippen LogP contribution is -1.87. The summed E-state index contributed by atoms with van der Waals surface area (Å²) in [6.07, 6.45) is 0. The summed E-state index contributed by atoms with van der Waals surface area (Å²) in [4.78, 5) is 10.1. The van der Waals surface area contributed by atoms with E-state index in [2.05, 4.69) is 0 Å². The molecular formula is C15H17NO2. The van der Waals surface area contributed by atoms with E-state index in [1.54, 1.807) is 12.1 Å². The lowest BCUT2D eigenvalue weighted by Gasteiger charge is -2.01. The van der Waals surface area contributed by atoms with E-state index in [1.165, 1.54) is 17.7 Å². The van der Waals surface area contributed by atoms with Crippen molar-refractivity contribution >= 4 is 5.69 Å². The molecule has 0 atom stereocenters. The average molecular weight is 243 g/mol. The molecule has 0 aliphatic rings. The molecule has 3 heteroatoms. The smallest absolute Gasteiger partial charge is 0.258 e. The van der Waals surface area contributed by atoms with E-state index in [-0.39, 0.29) is 10.6 Å². The topological polar surface area (TPSA) is 43.1 Å². The van der Waals surface area contributed by atoms with Crippen molar-refractivity contribution in [3.8, 4) is 11.1 Å². The number of hydrogen-bond donors (Lipinski definition) is 0. The molecule has 2 rings (SSSR count). The molecule has 0 amide bonds. The first-order valence-electron chi connectivity index (χ1n) is 5.98. The molecule has 0 radical (unpaired) electrons. The van der Waals surface area contributed by atoms with Crippen molar-refractivity contribution in [3.63, 3.8) is 0 Å². The highest BCUT2D eigenvalue weighted by Crippen LogP contribution is 2.22. The standard InChI is InChI=1S/C13H11NO2.C2H6/c1-10-2-4-11(5-3-10)12-6-8-13(9-7-12)14(15)16;1-2/h2-9H,1H3;1-2H3. The average Bonchev–Trinajstić information content (AvgIpc) is 2.42. The quantitative estimate of drug-likeness (QED) is 0.571. The van der Waals surface area contributed by atoms with E-state index in [1.807, 2.05) is 45.0 Å². The summed E-state index contributed by atoms with van der Waals surface area (Å²) in [5, 5.41) is 10.5. The number of hydrogen-bond acceptors (Lipinski definition) is 2. The van der Waals surface area contributed by atoms with Crippen LogP contribution in [0.15, 0.2) is 48.5 Å². The molecule has 3 nitrogen and oxygen atoms in total. The maximum Gasteiger partial charge on any atom is 0.269 e. The zero-order valence-corrected chi connectivity index (χ0v) is 10.9. The molecule has 0 unspecified atom stereocenters. The normalized spacial score (nSPS) is 9.28. The van der Waals surface area contributed by atoms with Gasteiger partial charge >= 0.3 is 0 Å². The lowest BCUT2D eigenvalue weighted by molar-refractivity contribution is -0.384. The minimum atomic E-state index is -0.390. The SMILES string of the molecule is CC.Cc1ccc(-c2ccc([N+](=O)[O-])cc2)cc1. The number of nitrogens with zero attached hydrogens (tertiary/aromatic N) is 1. The van der Waals surface area contributed by atoms with Gasteiger partial charge in [0.25, 0.3) is 5.69 Å². The van der Waals surface area contributed by atoms with E-state index >= 15 is 0 Å². The second kappa shape index (κ2) is 6.55. The molecule has 0 saturated carbocycles. The third kappa shape index (κ3) is 3.42. The van der Waals surface area contributed by atoms with Crippen molar-refractivity contribution in [1.82, 2.24) is 0 Å². The predicted molar refractivity (Wildman–Crippen MR) is 74.6 cm³/mol. The molecular weight excluding hydrogens is 226 g/mol. The van der Waals surface area contributed by atoms with Gasteiger partial charge in [0, 0.05) is 12.1 Å². The Hall–Kier alpha value is -2.16. The molecule has 94 valence electrons. The van der Waals surface area contributed by atoms with Gasteiger partial charge in [0.1, 0.15) is 0 Å². The van der Waals surface area contributed by atoms with Crippen LogP contribution >= 0.6 is 0 Å². The Morgan fingerprint density at radius 2 is 1.22 bits per heavy atom. The Balaban J connectivity index is 0.000000771. The lowest BCUT2D eigenvalue weighted by atomic mass is 10.0. The second-order valence-electron chi connectivity index (χ2n) is 3.67. The molecule has 0 N–H and O–H groups in total. The summed E-state index contributed by atoms with van der Waals surface area (Å²) in [5.74, 6) is 0. The van der Waals surface area contributed by atoms with Gasteiger partial charge in [-0.2, -0.15) is 0 Å². The number of nitro groups is 1. The molecule has 2 aromatic rings. The first kappa shape index (κ1) is 13.9. The Labute approximate surface area is 107 Å². The van der Waals surface area contributed by atoms with Gasteiger partial charge in [0.05, 0.1) is 4.92 Å². The van der Waals surface area contributed by atoms with Crippen LogP contribution in [0.25, 0.3) is 11.1 Å². The van der Waals surface area contributed by atoms with Crippen LogP contribution in [0, 0.1) is 17.0 Å².